The molecule has 0 fully saturated rings. The monoisotopic (exact) mass is 378 g/mol. The van der Waals surface area contributed by atoms with Gasteiger partial charge in [-0.15, -0.1) is 11.8 Å². The Morgan fingerprint density at radius 3 is 2.22 bits per heavy atom. The van der Waals surface area contributed by atoms with E-state index in [9.17, 15) is 5.11 Å². The number of aromatic hydroxyl groups is 1. The highest BCUT2D eigenvalue weighted by Gasteiger charge is 2.11. The van der Waals surface area contributed by atoms with Gasteiger partial charge in [0, 0.05) is 31.1 Å². The van der Waals surface area contributed by atoms with Gasteiger partial charge < -0.3 is 10.8 Å². The van der Waals surface area contributed by atoms with Gasteiger partial charge in [-0.05, 0) is 46.7 Å². The zero-order valence-electron chi connectivity index (χ0n) is 15.6. The number of nitrogens with zero attached hydrogens (tertiary/aromatic N) is 1. The van der Waals surface area contributed by atoms with E-state index in [1.54, 1.807) is 17.8 Å². The molecule has 0 radical (unpaired) electrons. The number of phenolic OH excluding ortho intramolecular Hbond substituents is 1. The largest absolute Gasteiger partial charge is 0.508 e. The molecule has 0 atom stereocenters. The second kappa shape index (κ2) is 9.60. The van der Waals surface area contributed by atoms with Gasteiger partial charge in [0.15, 0.2) is 0 Å². The minimum Gasteiger partial charge on any atom is -0.508 e. The summed E-state index contributed by atoms with van der Waals surface area (Å²) >= 11 is 1.78. The molecule has 0 saturated heterocycles. The Hall–Kier alpha value is -2.27. The van der Waals surface area contributed by atoms with Crippen LogP contribution in [-0.2, 0) is 26.2 Å². The molecular weight excluding hydrogens is 352 g/mol. The molecule has 0 heterocycles. The van der Waals surface area contributed by atoms with Crippen molar-refractivity contribution in [1.82, 2.24) is 4.90 Å². The van der Waals surface area contributed by atoms with Gasteiger partial charge in [-0.2, -0.15) is 0 Å². The fourth-order valence-electron chi connectivity index (χ4n) is 3.19. The number of rotatable bonds is 8. The molecule has 0 aliphatic carbocycles. The highest BCUT2D eigenvalue weighted by atomic mass is 32.2. The maximum Gasteiger partial charge on any atom is 0.115 e. The van der Waals surface area contributed by atoms with Crippen molar-refractivity contribution in [2.75, 3.05) is 6.26 Å². The number of phenols is 1. The maximum absolute atomic E-state index is 9.81. The first-order valence-electron chi connectivity index (χ1n) is 9.08. The van der Waals surface area contributed by atoms with Crippen LogP contribution in [0, 0.1) is 0 Å². The quantitative estimate of drug-likeness (QED) is 0.554. The summed E-state index contributed by atoms with van der Waals surface area (Å²) < 4.78 is 0. The number of hydrogen-bond acceptors (Lipinski definition) is 4. The molecule has 3 aromatic rings. The molecule has 140 valence electrons. The maximum atomic E-state index is 9.81. The summed E-state index contributed by atoms with van der Waals surface area (Å²) in [7, 11) is 0. The predicted octanol–water partition coefficient (Wildman–Crippen LogP) is 4.78. The zero-order valence-corrected chi connectivity index (χ0v) is 16.5. The molecular formula is C23H26N2OS. The third-order valence-electron chi connectivity index (χ3n) is 4.57. The highest BCUT2D eigenvalue weighted by Crippen LogP contribution is 2.24. The molecule has 0 aliphatic heterocycles. The first-order chi connectivity index (χ1) is 13.2. The van der Waals surface area contributed by atoms with Crippen LogP contribution < -0.4 is 5.73 Å². The van der Waals surface area contributed by atoms with Crippen LogP contribution in [-0.4, -0.2) is 16.3 Å². The van der Waals surface area contributed by atoms with Gasteiger partial charge in [0.1, 0.15) is 5.75 Å². The van der Waals surface area contributed by atoms with E-state index in [0.717, 1.165) is 30.8 Å². The van der Waals surface area contributed by atoms with E-state index in [0.29, 0.717) is 12.3 Å². The van der Waals surface area contributed by atoms with Crippen molar-refractivity contribution >= 4 is 11.8 Å². The molecule has 0 aliphatic rings. The van der Waals surface area contributed by atoms with E-state index >= 15 is 0 Å². The third kappa shape index (κ3) is 5.60. The Kier molecular flexibility index (Phi) is 6.93. The minimum atomic E-state index is 0.310. The molecule has 0 saturated carbocycles. The Morgan fingerprint density at radius 2 is 1.52 bits per heavy atom. The molecule has 3 N–H and O–H groups in total. The van der Waals surface area contributed by atoms with E-state index < -0.39 is 0 Å². The van der Waals surface area contributed by atoms with Crippen molar-refractivity contribution in [3.8, 4) is 5.75 Å². The molecule has 3 aromatic carbocycles. The van der Waals surface area contributed by atoms with E-state index in [2.05, 4.69) is 65.8 Å². The topological polar surface area (TPSA) is 49.5 Å². The first-order valence-corrected chi connectivity index (χ1v) is 10.3. The third-order valence-corrected chi connectivity index (χ3v) is 5.41. The SMILES string of the molecule is CSc1ccccc1CN(Cc1ccc(CN)cc1)Cc1cccc(O)c1. The van der Waals surface area contributed by atoms with Crippen molar-refractivity contribution < 1.29 is 5.11 Å². The second-order valence-corrected chi connectivity index (χ2v) is 7.50. The van der Waals surface area contributed by atoms with Crippen molar-refractivity contribution in [3.63, 3.8) is 0 Å². The van der Waals surface area contributed by atoms with Crippen LogP contribution in [0.5, 0.6) is 5.75 Å². The molecule has 27 heavy (non-hydrogen) atoms. The molecule has 3 nitrogen and oxygen atoms in total. The van der Waals surface area contributed by atoms with Gasteiger partial charge in [0.2, 0.25) is 0 Å². The van der Waals surface area contributed by atoms with Crippen molar-refractivity contribution in [2.45, 2.75) is 31.1 Å². The van der Waals surface area contributed by atoms with Crippen molar-refractivity contribution in [3.05, 3.63) is 95.1 Å². The van der Waals surface area contributed by atoms with Crippen LogP contribution in [0.3, 0.4) is 0 Å². The lowest BCUT2D eigenvalue weighted by Gasteiger charge is -2.24. The van der Waals surface area contributed by atoms with E-state index in [1.165, 1.54) is 16.0 Å². The van der Waals surface area contributed by atoms with Crippen LogP contribution in [0.2, 0.25) is 0 Å². The highest BCUT2D eigenvalue weighted by molar-refractivity contribution is 7.98. The summed E-state index contributed by atoms with van der Waals surface area (Å²) in [6.45, 7) is 3.03. The number of thioether (sulfide) groups is 1. The van der Waals surface area contributed by atoms with Gasteiger partial charge >= 0.3 is 0 Å². The Morgan fingerprint density at radius 1 is 0.815 bits per heavy atom. The van der Waals surface area contributed by atoms with Gasteiger partial charge in [-0.1, -0.05) is 54.6 Å². The van der Waals surface area contributed by atoms with Crippen LogP contribution >= 0.6 is 11.8 Å². The van der Waals surface area contributed by atoms with Crippen molar-refractivity contribution in [2.24, 2.45) is 5.73 Å². The standard InChI is InChI=1S/C23H26N2OS/c1-27-23-8-3-2-6-21(23)17-25(16-20-5-4-7-22(26)13-20)15-19-11-9-18(14-24)10-12-19/h2-13,26H,14-17,24H2,1H3. The normalized spacial score (nSPS) is 11.1. The number of hydrogen-bond donors (Lipinski definition) is 2. The zero-order chi connectivity index (χ0) is 19.1. The second-order valence-electron chi connectivity index (χ2n) is 6.65. The summed E-state index contributed by atoms with van der Waals surface area (Å²) in [6, 6.07) is 24.5. The molecule has 0 spiro atoms. The summed E-state index contributed by atoms with van der Waals surface area (Å²) in [5, 5.41) is 9.81. The lowest BCUT2D eigenvalue weighted by molar-refractivity contribution is 0.245. The Labute approximate surface area is 165 Å². The molecule has 4 heteroatoms. The van der Waals surface area contributed by atoms with Gasteiger partial charge in [-0.25, -0.2) is 0 Å². The van der Waals surface area contributed by atoms with Gasteiger partial charge in [0.25, 0.3) is 0 Å². The van der Waals surface area contributed by atoms with Crippen LogP contribution in [0.4, 0.5) is 0 Å². The van der Waals surface area contributed by atoms with E-state index in [4.69, 9.17) is 5.73 Å². The smallest absolute Gasteiger partial charge is 0.115 e. The molecule has 0 amide bonds. The average Bonchev–Trinajstić information content (AvgIpc) is 2.69. The summed E-state index contributed by atoms with van der Waals surface area (Å²) in [6.07, 6.45) is 2.12. The molecule has 0 unspecified atom stereocenters. The van der Waals surface area contributed by atoms with Crippen LogP contribution in [0.15, 0.2) is 77.7 Å². The van der Waals surface area contributed by atoms with Gasteiger partial charge in [-0.3, -0.25) is 4.90 Å². The Balaban J connectivity index is 1.82. The van der Waals surface area contributed by atoms with E-state index in [1.807, 2.05) is 12.1 Å². The average molecular weight is 379 g/mol. The summed E-state index contributed by atoms with van der Waals surface area (Å²) in [4.78, 5) is 3.71. The number of nitrogens with two attached hydrogens (primary N) is 1. The first kappa shape index (κ1) is 19.5. The Bertz CT molecular complexity index is 864. The summed E-state index contributed by atoms with van der Waals surface area (Å²) in [5.74, 6) is 0.310. The molecule has 3 rings (SSSR count). The van der Waals surface area contributed by atoms with E-state index in [-0.39, 0.29) is 0 Å². The minimum absolute atomic E-state index is 0.310. The fraction of sp³-hybridized carbons (Fsp3) is 0.217. The van der Waals surface area contributed by atoms with Crippen LogP contribution in [0.25, 0.3) is 0 Å². The number of benzene rings is 3. The lowest BCUT2D eigenvalue weighted by atomic mass is 10.1. The molecule has 0 bridgehead atoms. The lowest BCUT2D eigenvalue weighted by Crippen LogP contribution is -2.22. The van der Waals surface area contributed by atoms with Crippen LogP contribution in [0.1, 0.15) is 22.3 Å². The molecule has 0 aromatic heterocycles. The van der Waals surface area contributed by atoms with Crippen molar-refractivity contribution in [1.29, 1.82) is 0 Å². The summed E-state index contributed by atoms with van der Waals surface area (Å²) in [5.41, 5.74) is 10.5. The van der Waals surface area contributed by atoms with Gasteiger partial charge in [0.05, 0.1) is 0 Å². The fourth-order valence-corrected chi connectivity index (χ4v) is 3.80. The predicted molar refractivity (Wildman–Crippen MR) is 114 cm³/mol.